The first kappa shape index (κ1) is 25.3. The van der Waals surface area contributed by atoms with E-state index in [0.29, 0.717) is 12.1 Å². The number of aromatic nitrogens is 2. The Balaban J connectivity index is 1.63. The van der Waals surface area contributed by atoms with Crippen molar-refractivity contribution in [1.29, 1.82) is 0 Å². The van der Waals surface area contributed by atoms with Crippen molar-refractivity contribution in [2.75, 3.05) is 63.8 Å². The van der Waals surface area contributed by atoms with E-state index in [0.717, 1.165) is 83.7 Å². The van der Waals surface area contributed by atoms with Gasteiger partial charge in [-0.15, -0.1) is 0 Å². The maximum absolute atomic E-state index is 4.77. The molecule has 0 saturated carbocycles. The van der Waals surface area contributed by atoms with Crippen molar-refractivity contribution in [3.63, 3.8) is 0 Å². The summed E-state index contributed by atoms with van der Waals surface area (Å²) in [7, 11) is 0. The molecule has 2 heterocycles. The summed E-state index contributed by atoms with van der Waals surface area (Å²) in [4.78, 5) is 20.8. The Morgan fingerprint density at radius 1 is 1.03 bits per heavy atom. The molecule has 0 aromatic carbocycles. The van der Waals surface area contributed by atoms with E-state index in [2.05, 4.69) is 69.9 Å². The molecular formula is C23H44N8. The minimum atomic E-state index is 0.581. The fourth-order valence-corrected chi connectivity index (χ4v) is 4.03. The molecule has 176 valence electrons. The Labute approximate surface area is 189 Å². The van der Waals surface area contributed by atoms with Gasteiger partial charge in [-0.05, 0) is 60.1 Å². The van der Waals surface area contributed by atoms with E-state index >= 15 is 0 Å². The van der Waals surface area contributed by atoms with Crippen LogP contribution >= 0.6 is 0 Å². The van der Waals surface area contributed by atoms with Crippen LogP contribution in [0.2, 0.25) is 0 Å². The summed E-state index contributed by atoms with van der Waals surface area (Å²) < 4.78 is 0. The maximum Gasteiger partial charge on any atom is 0.225 e. The number of hydrogen-bond donors (Lipinski definition) is 2. The van der Waals surface area contributed by atoms with Gasteiger partial charge in [0, 0.05) is 76.8 Å². The fourth-order valence-electron chi connectivity index (χ4n) is 4.03. The molecule has 0 atom stereocenters. The first-order valence-electron chi connectivity index (χ1n) is 12.0. The number of aliphatic imine (C=N–C) groups is 1. The van der Waals surface area contributed by atoms with Crippen LogP contribution in [0.4, 0.5) is 5.95 Å². The first-order valence-corrected chi connectivity index (χ1v) is 12.0. The Kier molecular flexibility index (Phi) is 11.6. The second-order valence-electron chi connectivity index (χ2n) is 8.70. The highest BCUT2D eigenvalue weighted by atomic mass is 15.3. The van der Waals surface area contributed by atoms with Crippen molar-refractivity contribution in [1.82, 2.24) is 30.4 Å². The lowest BCUT2D eigenvalue weighted by Crippen LogP contribution is -2.47. The molecule has 0 radical (unpaired) electrons. The topological polar surface area (TPSA) is 71.9 Å². The number of anilines is 1. The molecule has 8 heteroatoms. The molecule has 1 aromatic rings. The van der Waals surface area contributed by atoms with Crippen molar-refractivity contribution in [2.24, 2.45) is 4.99 Å². The number of rotatable bonds is 12. The molecule has 1 aliphatic heterocycles. The predicted octanol–water partition coefficient (Wildman–Crippen LogP) is 2.05. The molecule has 0 bridgehead atoms. The average Bonchev–Trinajstić information content (AvgIpc) is 2.77. The molecular weight excluding hydrogens is 388 g/mol. The highest BCUT2D eigenvalue weighted by molar-refractivity contribution is 5.79. The standard InChI is InChI=1S/C23H44N8/c1-6-24-22(26-13-9-15-31(20(2)3)21(4)5)25-12-8-14-29-16-18-30(19-17-29)23-27-10-7-11-28-23/h7,10-11,20-21H,6,8-9,12-19H2,1-5H3,(H2,24,25,26). The van der Waals surface area contributed by atoms with Gasteiger partial charge in [-0.1, -0.05) is 0 Å². The van der Waals surface area contributed by atoms with E-state index in [9.17, 15) is 0 Å². The molecule has 1 saturated heterocycles. The quantitative estimate of drug-likeness (QED) is 0.298. The van der Waals surface area contributed by atoms with Crippen LogP contribution in [-0.2, 0) is 0 Å². The second-order valence-corrected chi connectivity index (χ2v) is 8.70. The fraction of sp³-hybridized carbons (Fsp3) is 0.783. The normalized spacial score (nSPS) is 15.9. The van der Waals surface area contributed by atoms with Gasteiger partial charge in [-0.3, -0.25) is 14.8 Å². The van der Waals surface area contributed by atoms with E-state index in [1.807, 2.05) is 18.5 Å². The van der Waals surface area contributed by atoms with Crippen LogP contribution in [0.3, 0.4) is 0 Å². The van der Waals surface area contributed by atoms with Gasteiger partial charge in [0.15, 0.2) is 5.96 Å². The number of nitrogens with one attached hydrogen (secondary N) is 2. The predicted molar refractivity (Wildman–Crippen MR) is 131 cm³/mol. The zero-order valence-corrected chi connectivity index (χ0v) is 20.3. The zero-order valence-electron chi connectivity index (χ0n) is 20.3. The Morgan fingerprint density at radius 3 is 2.32 bits per heavy atom. The monoisotopic (exact) mass is 432 g/mol. The lowest BCUT2D eigenvalue weighted by Gasteiger charge is -2.34. The van der Waals surface area contributed by atoms with Gasteiger partial charge in [0.25, 0.3) is 0 Å². The molecule has 0 aliphatic carbocycles. The van der Waals surface area contributed by atoms with Crippen LogP contribution in [0.15, 0.2) is 23.5 Å². The molecule has 0 unspecified atom stereocenters. The molecule has 1 aliphatic rings. The molecule has 0 amide bonds. The lowest BCUT2D eigenvalue weighted by atomic mass is 10.2. The maximum atomic E-state index is 4.77. The smallest absolute Gasteiger partial charge is 0.225 e. The van der Waals surface area contributed by atoms with Crippen LogP contribution in [0.1, 0.15) is 47.5 Å². The summed E-state index contributed by atoms with van der Waals surface area (Å²) in [5.41, 5.74) is 0. The van der Waals surface area contributed by atoms with Crippen LogP contribution in [0.25, 0.3) is 0 Å². The van der Waals surface area contributed by atoms with Gasteiger partial charge in [0.1, 0.15) is 0 Å². The van der Waals surface area contributed by atoms with E-state index in [4.69, 9.17) is 4.99 Å². The lowest BCUT2D eigenvalue weighted by molar-refractivity contribution is 0.174. The largest absolute Gasteiger partial charge is 0.357 e. The van der Waals surface area contributed by atoms with Crippen LogP contribution in [0.5, 0.6) is 0 Å². The van der Waals surface area contributed by atoms with Gasteiger partial charge in [0.05, 0.1) is 0 Å². The third-order valence-corrected chi connectivity index (χ3v) is 5.67. The average molecular weight is 433 g/mol. The van der Waals surface area contributed by atoms with E-state index < -0.39 is 0 Å². The summed E-state index contributed by atoms with van der Waals surface area (Å²) in [6.45, 7) is 20.2. The van der Waals surface area contributed by atoms with E-state index in [1.54, 1.807) is 0 Å². The first-order chi connectivity index (χ1) is 15.0. The van der Waals surface area contributed by atoms with Gasteiger partial charge in [0.2, 0.25) is 5.95 Å². The summed E-state index contributed by atoms with van der Waals surface area (Å²) in [5, 5.41) is 6.87. The van der Waals surface area contributed by atoms with E-state index in [1.165, 1.54) is 0 Å². The zero-order chi connectivity index (χ0) is 22.5. The third-order valence-electron chi connectivity index (χ3n) is 5.67. The SMILES string of the molecule is CCNC(=NCCCN(C(C)C)C(C)C)NCCCN1CCN(c2ncccn2)CC1. The van der Waals surface area contributed by atoms with Gasteiger partial charge < -0.3 is 15.5 Å². The van der Waals surface area contributed by atoms with Crippen molar-refractivity contribution in [2.45, 2.75) is 59.5 Å². The molecule has 0 spiro atoms. The molecule has 2 N–H and O–H groups in total. The van der Waals surface area contributed by atoms with Crippen molar-refractivity contribution in [3.8, 4) is 0 Å². The van der Waals surface area contributed by atoms with Gasteiger partial charge >= 0.3 is 0 Å². The number of nitrogens with zero attached hydrogens (tertiary/aromatic N) is 6. The van der Waals surface area contributed by atoms with E-state index in [-0.39, 0.29) is 0 Å². The highest BCUT2D eigenvalue weighted by Crippen LogP contribution is 2.09. The minimum Gasteiger partial charge on any atom is -0.357 e. The Bertz CT molecular complexity index is 603. The number of piperazine rings is 1. The molecule has 1 aromatic heterocycles. The summed E-state index contributed by atoms with van der Waals surface area (Å²) >= 11 is 0. The molecule has 31 heavy (non-hydrogen) atoms. The van der Waals surface area contributed by atoms with Gasteiger partial charge in [-0.25, -0.2) is 9.97 Å². The van der Waals surface area contributed by atoms with Crippen LogP contribution < -0.4 is 15.5 Å². The van der Waals surface area contributed by atoms with Crippen molar-refractivity contribution in [3.05, 3.63) is 18.5 Å². The number of guanidine groups is 1. The third kappa shape index (κ3) is 9.39. The highest BCUT2D eigenvalue weighted by Gasteiger charge is 2.18. The molecule has 1 fully saturated rings. The summed E-state index contributed by atoms with van der Waals surface area (Å²) in [6.07, 6.45) is 5.83. The number of hydrogen-bond acceptors (Lipinski definition) is 6. The second kappa shape index (κ2) is 14.2. The molecule has 2 rings (SSSR count). The summed E-state index contributed by atoms with van der Waals surface area (Å²) in [5.74, 6) is 1.79. The van der Waals surface area contributed by atoms with Crippen LogP contribution in [-0.4, -0.2) is 96.7 Å². The Hall–Kier alpha value is -1.93. The van der Waals surface area contributed by atoms with Crippen LogP contribution in [0, 0.1) is 0 Å². The Morgan fingerprint density at radius 2 is 1.71 bits per heavy atom. The summed E-state index contributed by atoms with van der Waals surface area (Å²) in [6, 6.07) is 3.03. The molecule has 8 nitrogen and oxygen atoms in total. The van der Waals surface area contributed by atoms with Crippen molar-refractivity contribution >= 4 is 11.9 Å². The van der Waals surface area contributed by atoms with Gasteiger partial charge in [-0.2, -0.15) is 0 Å². The minimum absolute atomic E-state index is 0.581. The van der Waals surface area contributed by atoms with Crippen molar-refractivity contribution < 1.29 is 0 Å².